The SMILES string of the molecule is C=C1[C@@H](O)[C@@H]2O[C@]3(CC[C@H](/C=C/[C@@H](C)[C@@H]4CC(C)=C[C@@]5(O[C@H](C[C@@](C)(O)C(=O)O)CC[C@H]5O)O4)O3)CC[C@H]2O[C@@H]1[C@@H](O)C[C@H](C)[C@H]1O[C@@]2(CCCCO2)CC[C@H]1C.[H-].[Na+]. The second-order valence-corrected chi connectivity index (χ2v) is 18.9. The average molecular weight is 829 g/mol. The summed E-state index contributed by atoms with van der Waals surface area (Å²) in [5.41, 5.74) is -0.551. The first-order valence-corrected chi connectivity index (χ1v) is 21.7. The van der Waals surface area contributed by atoms with Crippen LogP contribution in [0.4, 0.5) is 0 Å². The number of carbonyl (C=O) groups is 1. The Hall–Kier alpha value is -0.750. The number of fused-ring (bicyclic) bond motifs is 1. The van der Waals surface area contributed by atoms with Crippen molar-refractivity contribution in [1.82, 2.24) is 0 Å². The summed E-state index contributed by atoms with van der Waals surface area (Å²) >= 11 is 0. The molecule has 6 saturated heterocycles. The minimum Gasteiger partial charge on any atom is -1.00 e. The van der Waals surface area contributed by atoms with Crippen molar-refractivity contribution in [3.05, 3.63) is 36.0 Å². The first kappa shape index (κ1) is 46.7. The molecular weight excluding hydrogens is 759 g/mol. The molecule has 0 saturated carbocycles. The van der Waals surface area contributed by atoms with E-state index >= 15 is 0 Å². The van der Waals surface area contributed by atoms with Crippen LogP contribution in [0, 0.1) is 17.8 Å². The summed E-state index contributed by atoms with van der Waals surface area (Å²) in [4.78, 5) is 11.6. The molecule has 7 aliphatic rings. The van der Waals surface area contributed by atoms with Gasteiger partial charge in [0.15, 0.2) is 17.2 Å². The van der Waals surface area contributed by atoms with Crippen LogP contribution in [-0.2, 0) is 38.0 Å². The fourth-order valence-corrected chi connectivity index (χ4v) is 10.5. The number of ether oxygens (including phenoxy) is 7. The van der Waals surface area contributed by atoms with Crippen LogP contribution < -0.4 is 29.6 Å². The number of aliphatic carboxylic acids is 1. The Morgan fingerprint density at radius 2 is 1.76 bits per heavy atom. The number of carboxylic acids is 1. The zero-order chi connectivity index (χ0) is 40.9. The van der Waals surface area contributed by atoms with E-state index in [1.807, 2.05) is 19.9 Å². The van der Waals surface area contributed by atoms with Crippen molar-refractivity contribution in [3.8, 4) is 0 Å². The largest absolute Gasteiger partial charge is 1.00 e. The molecule has 5 N–H and O–H groups in total. The van der Waals surface area contributed by atoms with Gasteiger partial charge in [-0.25, -0.2) is 4.79 Å². The van der Waals surface area contributed by atoms with Gasteiger partial charge in [-0.15, -0.1) is 0 Å². The third kappa shape index (κ3) is 9.89. The Balaban J connectivity index is 0.00000331. The van der Waals surface area contributed by atoms with Crippen LogP contribution >= 0.6 is 0 Å². The van der Waals surface area contributed by atoms with Gasteiger partial charge in [-0.2, -0.15) is 0 Å². The monoisotopic (exact) mass is 828 g/mol. The van der Waals surface area contributed by atoms with Crippen LogP contribution in [0.2, 0.25) is 0 Å². The molecule has 7 heterocycles. The van der Waals surface area contributed by atoms with Gasteiger partial charge in [-0.05, 0) is 95.1 Å². The van der Waals surface area contributed by atoms with Crippen LogP contribution in [0.25, 0.3) is 0 Å². The number of rotatable bonds is 10. The molecule has 0 bridgehead atoms. The minimum atomic E-state index is -1.96. The van der Waals surface area contributed by atoms with Gasteiger partial charge in [0.1, 0.15) is 24.4 Å². The Kier molecular flexibility index (Phi) is 14.9. The summed E-state index contributed by atoms with van der Waals surface area (Å²) in [5.74, 6) is -3.82. The summed E-state index contributed by atoms with van der Waals surface area (Å²) in [6.45, 7) is 14.5. The molecular formula is C44H69NaO13. The third-order valence-electron chi connectivity index (χ3n) is 14.0. The van der Waals surface area contributed by atoms with Crippen LogP contribution in [0.15, 0.2) is 36.0 Å². The van der Waals surface area contributed by atoms with Gasteiger partial charge >= 0.3 is 35.5 Å². The topological polar surface area (TPSA) is 183 Å². The maximum atomic E-state index is 11.6. The molecule has 0 unspecified atom stereocenters. The molecule has 0 aromatic heterocycles. The fraction of sp³-hybridized carbons (Fsp3) is 0.841. The van der Waals surface area contributed by atoms with Crippen molar-refractivity contribution in [2.75, 3.05) is 6.61 Å². The molecule has 324 valence electrons. The molecule has 17 atom stereocenters. The summed E-state index contributed by atoms with van der Waals surface area (Å²) in [5, 5.41) is 54.0. The van der Waals surface area contributed by atoms with Crippen LogP contribution in [0.1, 0.15) is 126 Å². The summed E-state index contributed by atoms with van der Waals surface area (Å²) in [6, 6.07) is 0. The van der Waals surface area contributed by atoms with E-state index in [1.54, 1.807) is 6.08 Å². The number of aliphatic hydroxyl groups excluding tert-OH is 3. The molecule has 14 heteroatoms. The van der Waals surface area contributed by atoms with Gasteiger partial charge < -0.3 is 60.1 Å². The van der Waals surface area contributed by atoms with E-state index in [0.717, 1.165) is 50.7 Å². The first-order chi connectivity index (χ1) is 26.9. The van der Waals surface area contributed by atoms with Crippen LogP contribution in [0.5, 0.6) is 0 Å². The maximum absolute atomic E-state index is 11.6. The van der Waals surface area contributed by atoms with Gasteiger partial charge in [0.05, 0.1) is 43.2 Å². The standard InChI is InChI=1S/C44H68O13.Na.H/c1-25-21-34(55-44(23-25)35(46)12-11-31(54-44)24-41(6,50)40(48)49)26(2)9-10-30-14-18-43(53-30)19-15-33-39(57-43)36(47)29(5)38(52-33)32(45)22-28(4)37-27(3)13-17-42(56-37)16-7-8-20-51-42;;/h9-10,23,26-28,30-39,45-47,50H,5,7-8,11-22,24H2,1-4,6H3,(H,48,49);;/q;+1;-1/b10-9+;;/t26-,27-,28+,30+,31+,32+,33-,34+,35-,36-,37+,38+,39-,41-,42+,43-,44-;;/m1../s1. The van der Waals surface area contributed by atoms with Gasteiger partial charge in [0.25, 0.3) is 0 Å². The van der Waals surface area contributed by atoms with Crippen LogP contribution in [-0.4, -0.2) is 122 Å². The Labute approximate surface area is 367 Å². The second-order valence-electron chi connectivity index (χ2n) is 18.9. The van der Waals surface area contributed by atoms with Crippen molar-refractivity contribution in [2.45, 2.75) is 209 Å². The predicted octanol–water partition coefficient (Wildman–Crippen LogP) is 2.33. The molecule has 0 aliphatic carbocycles. The molecule has 0 aromatic carbocycles. The van der Waals surface area contributed by atoms with Gasteiger partial charge in [-0.1, -0.05) is 45.1 Å². The van der Waals surface area contributed by atoms with E-state index in [4.69, 9.17) is 33.2 Å². The zero-order valence-electron chi connectivity index (χ0n) is 36.6. The predicted molar refractivity (Wildman–Crippen MR) is 209 cm³/mol. The molecule has 7 rings (SSSR count). The van der Waals surface area contributed by atoms with E-state index < -0.39 is 71.7 Å². The quantitative estimate of drug-likeness (QED) is 0.160. The van der Waals surface area contributed by atoms with E-state index in [0.29, 0.717) is 56.4 Å². The van der Waals surface area contributed by atoms with E-state index in [9.17, 15) is 30.3 Å². The minimum absolute atomic E-state index is 0. The van der Waals surface area contributed by atoms with E-state index in [1.165, 1.54) is 6.92 Å². The smallest absolute Gasteiger partial charge is 1.00 e. The van der Waals surface area contributed by atoms with Crippen molar-refractivity contribution < 1.29 is 94.5 Å². The number of aliphatic hydroxyl groups is 4. The van der Waals surface area contributed by atoms with Gasteiger partial charge in [0, 0.05) is 38.0 Å². The molecule has 6 fully saturated rings. The Bertz CT molecular complexity index is 1520. The number of carboxylic acid groups (broad SMARTS) is 1. The Morgan fingerprint density at radius 1 is 1.02 bits per heavy atom. The zero-order valence-corrected chi connectivity index (χ0v) is 37.6. The maximum Gasteiger partial charge on any atom is 1.00 e. The van der Waals surface area contributed by atoms with Gasteiger partial charge in [0.2, 0.25) is 5.79 Å². The van der Waals surface area contributed by atoms with E-state index in [2.05, 4.69) is 26.5 Å². The average Bonchev–Trinajstić information content (AvgIpc) is 3.56. The summed E-state index contributed by atoms with van der Waals surface area (Å²) in [6.07, 6.45) is 9.37. The van der Waals surface area contributed by atoms with Crippen LogP contribution in [0.3, 0.4) is 0 Å². The fourth-order valence-electron chi connectivity index (χ4n) is 10.5. The molecule has 0 amide bonds. The Morgan fingerprint density at radius 3 is 2.48 bits per heavy atom. The van der Waals surface area contributed by atoms with Crippen molar-refractivity contribution in [3.63, 3.8) is 0 Å². The van der Waals surface area contributed by atoms with Crippen molar-refractivity contribution >= 4 is 5.97 Å². The van der Waals surface area contributed by atoms with Crippen molar-refractivity contribution in [1.29, 1.82) is 0 Å². The second kappa shape index (κ2) is 18.5. The molecule has 0 aromatic rings. The summed E-state index contributed by atoms with van der Waals surface area (Å²) < 4.78 is 45.2. The van der Waals surface area contributed by atoms with E-state index in [-0.39, 0.29) is 67.6 Å². The molecule has 7 aliphatic heterocycles. The van der Waals surface area contributed by atoms with Gasteiger partial charge in [-0.3, -0.25) is 0 Å². The number of hydrogen-bond acceptors (Lipinski definition) is 12. The normalized spacial score (nSPS) is 44.6. The molecule has 13 nitrogen and oxygen atoms in total. The molecule has 0 radical (unpaired) electrons. The molecule has 3 spiro atoms. The third-order valence-corrected chi connectivity index (χ3v) is 14.0. The van der Waals surface area contributed by atoms with Crippen molar-refractivity contribution in [2.24, 2.45) is 17.8 Å². The first-order valence-electron chi connectivity index (χ1n) is 21.7. The summed E-state index contributed by atoms with van der Waals surface area (Å²) in [7, 11) is 0. The number of hydrogen-bond donors (Lipinski definition) is 5. The molecule has 58 heavy (non-hydrogen) atoms.